The van der Waals surface area contributed by atoms with Crippen LogP contribution in [0.15, 0.2) is 0 Å². The predicted octanol–water partition coefficient (Wildman–Crippen LogP) is 1.64. The van der Waals surface area contributed by atoms with Crippen molar-refractivity contribution in [1.82, 2.24) is 10.6 Å². The van der Waals surface area contributed by atoms with E-state index in [0.29, 0.717) is 11.3 Å². The van der Waals surface area contributed by atoms with Crippen LogP contribution in [0.4, 0.5) is 0 Å². The van der Waals surface area contributed by atoms with E-state index in [1.807, 2.05) is 0 Å². The van der Waals surface area contributed by atoms with Crippen LogP contribution in [0.1, 0.15) is 34.6 Å². The van der Waals surface area contributed by atoms with E-state index in [4.69, 9.17) is 4.74 Å². The van der Waals surface area contributed by atoms with Gasteiger partial charge >= 0.3 is 0 Å². The van der Waals surface area contributed by atoms with Gasteiger partial charge in [-0.15, -0.1) is 0 Å². The van der Waals surface area contributed by atoms with Crippen molar-refractivity contribution in [2.75, 3.05) is 32.8 Å². The predicted molar refractivity (Wildman–Crippen MR) is 68.7 cm³/mol. The van der Waals surface area contributed by atoms with Crippen molar-refractivity contribution in [3.05, 3.63) is 0 Å². The Labute approximate surface area is 100 Å². The van der Waals surface area contributed by atoms with Gasteiger partial charge in [-0.3, -0.25) is 0 Å². The second kappa shape index (κ2) is 5.48. The summed E-state index contributed by atoms with van der Waals surface area (Å²) in [6.45, 7) is 16.2. The Hall–Kier alpha value is -0.120. The van der Waals surface area contributed by atoms with Gasteiger partial charge in [0.25, 0.3) is 0 Å². The summed E-state index contributed by atoms with van der Waals surface area (Å²) in [6.07, 6.45) is 0. The van der Waals surface area contributed by atoms with Gasteiger partial charge in [0.2, 0.25) is 0 Å². The molecular weight excluding hydrogens is 200 g/mol. The number of nitrogens with one attached hydrogen (secondary N) is 2. The van der Waals surface area contributed by atoms with Crippen LogP contribution in [0.5, 0.6) is 0 Å². The van der Waals surface area contributed by atoms with Crippen molar-refractivity contribution in [1.29, 1.82) is 0 Å². The fourth-order valence-electron chi connectivity index (χ4n) is 1.57. The average Bonchev–Trinajstić information content (AvgIpc) is 2.12. The summed E-state index contributed by atoms with van der Waals surface area (Å²) in [5.74, 6) is 0.688. The lowest BCUT2D eigenvalue weighted by Crippen LogP contribution is -2.59. The van der Waals surface area contributed by atoms with Gasteiger partial charge in [0.1, 0.15) is 0 Å². The molecule has 1 rings (SSSR count). The van der Waals surface area contributed by atoms with E-state index in [0.717, 1.165) is 32.8 Å². The van der Waals surface area contributed by atoms with Crippen molar-refractivity contribution < 1.29 is 4.74 Å². The molecule has 0 radical (unpaired) electrons. The van der Waals surface area contributed by atoms with Gasteiger partial charge in [0, 0.05) is 19.6 Å². The first-order chi connectivity index (χ1) is 7.33. The standard InChI is InChI=1S/C13H28N2O/c1-11(12(2,3)4)8-14-6-7-16-13(5)9-15-10-13/h11,14-15H,6-10H2,1-5H3. The summed E-state index contributed by atoms with van der Waals surface area (Å²) >= 11 is 0. The maximum atomic E-state index is 5.81. The molecule has 1 fully saturated rings. The molecule has 0 aromatic rings. The first-order valence-corrected chi connectivity index (χ1v) is 6.39. The molecule has 96 valence electrons. The zero-order valence-electron chi connectivity index (χ0n) is 11.5. The van der Waals surface area contributed by atoms with Crippen LogP contribution in [-0.2, 0) is 4.74 Å². The van der Waals surface area contributed by atoms with Gasteiger partial charge in [-0.2, -0.15) is 0 Å². The third-order valence-electron chi connectivity index (χ3n) is 3.66. The van der Waals surface area contributed by atoms with E-state index >= 15 is 0 Å². The number of ether oxygens (including phenoxy) is 1. The van der Waals surface area contributed by atoms with Crippen LogP contribution in [0.25, 0.3) is 0 Å². The zero-order chi connectivity index (χ0) is 12.2. The largest absolute Gasteiger partial charge is 0.371 e. The lowest BCUT2D eigenvalue weighted by Gasteiger charge is -2.39. The summed E-state index contributed by atoms with van der Waals surface area (Å²) < 4.78 is 5.81. The van der Waals surface area contributed by atoms with Gasteiger partial charge in [-0.1, -0.05) is 27.7 Å². The summed E-state index contributed by atoms with van der Waals surface area (Å²) in [6, 6.07) is 0. The molecule has 2 N–H and O–H groups in total. The quantitative estimate of drug-likeness (QED) is 0.678. The molecule has 0 aromatic heterocycles. The molecule has 1 aliphatic heterocycles. The van der Waals surface area contributed by atoms with Gasteiger partial charge in [0.15, 0.2) is 0 Å². The van der Waals surface area contributed by atoms with E-state index < -0.39 is 0 Å². The van der Waals surface area contributed by atoms with Gasteiger partial charge in [0.05, 0.1) is 12.2 Å². The van der Waals surface area contributed by atoms with Crippen LogP contribution in [0.2, 0.25) is 0 Å². The van der Waals surface area contributed by atoms with E-state index in [2.05, 4.69) is 45.3 Å². The van der Waals surface area contributed by atoms with E-state index in [1.165, 1.54) is 0 Å². The Bertz CT molecular complexity index is 206. The summed E-state index contributed by atoms with van der Waals surface area (Å²) in [7, 11) is 0. The van der Waals surface area contributed by atoms with E-state index in [9.17, 15) is 0 Å². The summed E-state index contributed by atoms with van der Waals surface area (Å²) in [5, 5.41) is 6.70. The van der Waals surface area contributed by atoms with E-state index in [-0.39, 0.29) is 5.60 Å². The van der Waals surface area contributed by atoms with Crippen molar-refractivity contribution in [2.24, 2.45) is 11.3 Å². The molecule has 1 aliphatic rings. The smallest absolute Gasteiger partial charge is 0.0902 e. The van der Waals surface area contributed by atoms with Gasteiger partial charge in [-0.05, 0) is 24.8 Å². The minimum atomic E-state index is 0.0946. The Morgan fingerprint density at radius 3 is 2.44 bits per heavy atom. The molecule has 0 amide bonds. The Morgan fingerprint density at radius 1 is 1.38 bits per heavy atom. The second-order valence-corrected chi connectivity index (χ2v) is 6.37. The van der Waals surface area contributed by atoms with E-state index in [1.54, 1.807) is 0 Å². The monoisotopic (exact) mass is 228 g/mol. The maximum Gasteiger partial charge on any atom is 0.0902 e. The van der Waals surface area contributed by atoms with Crippen LogP contribution in [-0.4, -0.2) is 38.4 Å². The summed E-state index contributed by atoms with van der Waals surface area (Å²) in [5.41, 5.74) is 0.481. The van der Waals surface area contributed by atoms with Crippen molar-refractivity contribution in [3.8, 4) is 0 Å². The molecule has 16 heavy (non-hydrogen) atoms. The number of hydrogen-bond donors (Lipinski definition) is 2. The van der Waals surface area contributed by atoms with Crippen LogP contribution >= 0.6 is 0 Å². The normalized spacial score (nSPS) is 21.6. The Morgan fingerprint density at radius 2 is 2.00 bits per heavy atom. The van der Waals surface area contributed by atoms with Crippen LogP contribution in [0.3, 0.4) is 0 Å². The highest BCUT2D eigenvalue weighted by Gasteiger charge is 2.32. The molecule has 3 nitrogen and oxygen atoms in total. The van der Waals surface area contributed by atoms with Crippen LogP contribution < -0.4 is 10.6 Å². The molecule has 0 spiro atoms. The van der Waals surface area contributed by atoms with Gasteiger partial charge < -0.3 is 15.4 Å². The molecule has 0 bridgehead atoms. The minimum absolute atomic E-state index is 0.0946. The van der Waals surface area contributed by atoms with Crippen LogP contribution in [0, 0.1) is 11.3 Å². The number of rotatable bonds is 6. The Kier molecular flexibility index (Phi) is 4.77. The average molecular weight is 228 g/mol. The molecular formula is C13H28N2O. The fourth-order valence-corrected chi connectivity index (χ4v) is 1.57. The van der Waals surface area contributed by atoms with Crippen molar-refractivity contribution in [2.45, 2.75) is 40.2 Å². The molecule has 0 aliphatic carbocycles. The first kappa shape index (κ1) is 13.9. The topological polar surface area (TPSA) is 33.3 Å². The third kappa shape index (κ3) is 4.40. The minimum Gasteiger partial charge on any atom is -0.371 e. The summed E-state index contributed by atoms with van der Waals surface area (Å²) in [4.78, 5) is 0. The highest BCUT2D eigenvalue weighted by molar-refractivity contribution is 4.90. The van der Waals surface area contributed by atoms with Crippen molar-refractivity contribution >= 4 is 0 Å². The highest BCUT2D eigenvalue weighted by atomic mass is 16.5. The lowest BCUT2D eigenvalue weighted by atomic mass is 9.82. The molecule has 0 aromatic carbocycles. The molecule has 3 heteroatoms. The Balaban J connectivity index is 1.99. The third-order valence-corrected chi connectivity index (χ3v) is 3.66. The second-order valence-electron chi connectivity index (χ2n) is 6.37. The lowest BCUT2D eigenvalue weighted by molar-refractivity contribution is -0.0650. The SMILES string of the molecule is CC(CNCCOC1(C)CNC1)C(C)(C)C. The van der Waals surface area contributed by atoms with Gasteiger partial charge in [-0.25, -0.2) is 0 Å². The highest BCUT2D eigenvalue weighted by Crippen LogP contribution is 2.24. The molecule has 0 saturated carbocycles. The molecule has 1 atom stereocenters. The number of hydrogen-bond acceptors (Lipinski definition) is 3. The molecule has 1 heterocycles. The molecule has 1 unspecified atom stereocenters. The molecule has 1 saturated heterocycles. The van der Waals surface area contributed by atoms with Crippen molar-refractivity contribution in [3.63, 3.8) is 0 Å². The zero-order valence-corrected chi connectivity index (χ0v) is 11.5. The maximum absolute atomic E-state index is 5.81. The fraction of sp³-hybridized carbons (Fsp3) is 1.00. The first-order valence-electron chi connectivity index (χ1n) is 6.39.